The van der Waals surface area contributed by atoms with Crippen LogP contribution in [0.4, 0.5) is 0 Å². The Kier molecular flexibility index (Phi) is 7.68. The number of para-hydroxylation sites is 1. The van der Waals surface area contributed by atoms with Crippen LogP contribution >= 0.6 is 0 Å². The van der Waals surface area contributed by atoms with Gasteiger partial charge in [-0.1, -0.05) is 56.5 Å². The zero-order valence-electron chi connectivity index (χ0n) is 15.5. The molecule has 0 aliphatic heterocycles. The number of aryl methyl sites for hydroxylation is 1. The average Bonchev–Trinajstić information content (AvgIpc) is 2.66. The normalized spacial score (nSPS) is 12.0. The van der Waals surface area contributed by atoms with Gasteiger partial charge in [-0.25, -0.2) is 4.79 Å². The molecule has 134 valence electrons. The number of hydrogen-bond acceptors (Lipinski definition) is 3. The van der Waals surface area contributed by atoms with Crippen molar-refractivity contribution in [3.05, 3.63) is 65.2 Å². The van der Waals surface area contributed by atoms with Gasteiger partial charge >= 0.3 is 5.97 Å². The summed E-state index contributed by atoms with van der Waals surface area (Å²) in [6, 6.07) is 15.2. The van der Waals surface area contributed by atoms with Crippen LogP contribution in [-0.4, -0.2) is 13.1 Å². The van der Waals surface area contributed by atoms with Gasteiger partial charge in [0.25, 0.3) is 0 Å². The molecule has 0 radical (unpaired) electrons. The van der Waals surface area contributed by atoms with E-state index in [2.05, 4.69) is 6.92 Å². The van der Waals surface area contributed by atoms with Crippen molar-refractivity contribution in [1.82, 2.24) is 0 Å². The standard InChI is InChI=1S/C22H28O3/c1-4-5-6-7-10-19-11-8-9-12-21(19)25-22(23)20-15-13-18(14-16-20)17(2)24-3/h8-9,11-17H,4-7,10H2,1-3H3. The Morgan fingerprint density at radius 2 is 1.72 bits per heavy atom. The topological polar surface area (TPSA) is 35.5 Å². The summed E-state index contributed by atoms with van der Waals surface area (Å²) < 4.78 is 10.9. The van der Waals surface area contributed by atoms with Crippen LogP contribution in [-0.2, 0) is 11.2 Å². The lowest BCUT2D eigenvalue weighted by Gasteiger charge is -2.12. The van der Waals surface area contributed by atoms with Gasteiger partial charge in [-0.05, 0) is 49.1 Å². The van der Waals surface area contributed by atoms with Crippen molar-refractivity contribution in [2.75, 3.05) is 7.11 Å². The highest BCUT2D eigenvalue weighted by molar-refractivity contribution is 5.91. The van der Waals surface area contributed by atoms with Crippen LogP contribution in [0.1, 0.15) is 67.1 Å². The van der Waals surface area contributed by atoms with E-state index in [0.29, 0.717) is 11.3 Å². The first-order chi connectivity index (χ1) is 12.2. The van der Waals surface area contributed by atoms with Gasteiger partial charge < -0.3 is 9.47 Å². The van der Waals surface area contributed by atoms with Gasteiger partial charge in [0.1, 0.15) is 5.75 Å². The van der Waals surface area contributed by atoms with Gasteiger partial charge in [-0.3, -0.25) is 0 Å². The molecule has 3 heteroatoms. The highest BCUT2D eigenvalue weighted by Gasteiger charge is 2.12. The molecule has 3 nitrogen and oxygen atoms in total. The van der Waals surface area contributed by atoms with Crippen LogP contribution in [0.2, 0.25) is 0 Å². The Hall–Kier alpha value is -2.13. The minimum Gasteiger partial charge on any atom is -0.423 e. The molecule has 25 heavy (non-hydrogen) atoms. The van der Waals surface area contributed by atoms with Crippen molar-refractivity contribution in [2.24, 2.45) is 0 Å². The van der Waals surface area contributed by atoms with Crippen molar-refractivity contribution in [1.29, 1.82) is 0 Å². The number of methoxy groups -OCH3 is 1. The lowest BCUT2D eigenvalue weighted by Crippen LogP contribution is -2.10. The van der Waals surface area contributed by atoms with Gasteiger partial charge in [0.05, 0.1) is 11.7 Å². The zero-order chi connectivity index (χ0) is 18.1. The number of unbranched alkanes of at least 4 members (excludes halogenated alkanes) is 3. The minimum atomic E-state index is -0.322. The quantitative estimate of drug-likeness (QED) is 0.332. The number of carbonyl (C=O) groups excluding carboxylic acids is 1. The Morgan fingerprint density at radius 1 is 1.00 bits per heavy atom. The first-order valence-corrected chi connectivity index (χ1v) is 9.08. The highest BCUT2D eigenvalue weighted by atomic mass is 16.5. The monoisotopic (exact) mass is 340 g/mol. The second kappa shape index (κ2) is 10.00. The molecule has 2 rings (SSSR count). The zero-order valence-corrected chi connectivity index (χ0v) is 15.5. The molecule has 2 aromatic carbocycles. The van der Waals surface area contributed by atoms with Crippen LogP contribution in [0.15, 0.2) is 48.5 Å². The predicted octanol–water partition coefficient (Wildman–Crippen LogP) is 5.74. The second-order valence-electron chi connectivity index (χ2n) is 6.31. The van der Waals surface area contributed by atoms with E-state index in [0.717, 1.165) is 24.0 Å². The van der Waals surface area contributed by atoms with Gasteiger partial charge in [-0.2, -0.15) is 0 Å². The average molecular weight is 340 g/mol. The van der Waals surface area contributed by atoms with E-state index in [1.165, 1.54) is 19.3 Å². The Balaban J connectivity index is 2.02. The third-order valence-electron chi connectivity index (χ3n) is 4.44. The molecule has 0 heterocycles. The summed E-state index contributed by atoms with van der Waals surface area (Å²) >= 11 is 0. The smallest absolute Gasteiger partial charge is 0.343 e. The SMILES string of the molecule is CCCCCCc1ccccc1OC(=O)c1ccc(C(C)OC)cc1. The van der Waals surface area contributed by atoms with E-state index >= 15 is 0 Å². The lowest BCUT2D eigenvalue weighted by atomic mass is 10.1. The number of rotatable bonds is 9. The third kappa shape index (κ3) is 5.71. The summed E-state index contributed by atoms with van der Waals surface area (Å²) in [6.07, 6.45) is 5.73. The molecule has 0 spiro atoms. The molecule has 1 atom stereocenters. The predicted molar refractivity (Wildman–Crippen MR) is 101 cm³/mol. The van der Waals surface area contributed by atoms with Crippen LogP contribution in [0.5, 0.6) is 5.75 Å². The first kappa shape index (κ1) is 19.2. The maximum atomic E-state index is 12.4. The Bertz CT molecular complexity index is 661. The Morgan fingerprint density at radius 3 is 2.40 bits per heavy atom. The molecule has 0 amide bonds. The molecule has 0 aromatic heterocycles. The molecule has 0 saturated heterocycles. The summed E-state index contributed by atoms with van der Waals surface area (Å²) in [5.74, 6) is 0.343. The largest absolute Gasteiger partial charge is 0.423 e. The van der Waals surface area contributed by atoms with Crippen molar-refractivity contribution >= 4 is 5.97 Å². The van der Waals surface area contributed by atoms with Gasteiger partial charge in [0.2, 0.25) is 0 Å². The highest BCUT2D eigenvalue weighted by Crippen LogP contribution is 2.22. The van der Waals surface area contributed by atoms with E-state index in [4.69, 9.17) is 9.47 Å². The van der Waals surface area contributed by atoms with Crippen molar-refractivity contribution in [2.45, 2.75) is 52.1 Å². The molecule has 0 fully saturated rings. The van der Waals surface area contributed by atoms with Gasteiger partial charge in [0.15, 0.2) is 0 Å². The van der Waals surface area contributed by atoms with E-state index < -0.39 is 0 Å². The molecular formula is C22H28O3. The van der Waals surface area contributed by atoms with Crippen molar-refractivity contribution < 1.29 is 14.3 Å². The fourth-order valence-electron chi connectivity index (χ4n) is 2.74. The van der Waals surface area contributed by atoms with Gasteiger partial charge in [-0.15, -0.1) is 0 Å². The summed E-state index contributed by atoms with van der Waals surface area (Å²) in [4.78, 5) is 12.4. The number of ether oxygens (including phenoxy) is 2. The number of hydrogen-bond donors (Lipinski definition) is 0. The van der Waals surface area contributed by atoms with Crippen LogP contribution in [0, 0.1) is 0 Å². The van der Waals surface area contributed by atoms with Crippen LogP contribution < -0.4 is 4.74 Å². The number of esters is 1. The van der Waals surface area contributed by atoms with Crippen LogP contribution in [0.25, 0.3) is 0 Å². The van der Waals surface area contributed by atoms with E-state index in [9.17, 15) is 4.79 Å². The maximum Gasteiger partial charge on any atom is 0.343 e. The molecule has 0 N–H and O–H groups in total. The number of carbonyl (C=O) groups is 1. The summed E-state index contributed by atoms with van der Waals surface area (Å²) in [7, 11) is 1.67. The van der Waals surface area contributed by atoms with Crippen LogP contribution in [0.3, 0.4) is 0 Å². The minimum absolute atomic E-state index is 0.00826. The Labute approximate surface area is 151 Å². The molecule has 1 unspecified atom stereocenters. The lowest BCUT2D eigenvalue weighted by molar-refractivity contribution is 0.0732. The fraction of sp³-hybridized carbons (Fsp3) is 0.409. The van der Waals surface area contributed by atoms with Crippen molar-refractivity contribution in [3.63, 3.8) is 0 Å². The third-order valence-corrected chi connectivity index (χ3v) is 4.44. The van der Waals surface area contributed by atoms with Gasteiger partial charge in [0, 0.05) is 7.11 Å². The first-order valence-electron chi connectivity index (χ1n) is 9.08. The second-order valence-corrected chi connectivity index (χ2v) is 6.31. The molecule has 0 aliphatic carbocycles. The maximum absolute atomic E-state index is 12.4. The molecule has 0 saturated carbocycles. The van der Waals surface area contributed by atoms with E-state index in [1.807, 2.05) is 43.3 Å². The number of benzene rings is 2. The van der Waals surface area contributed by atoms with E-state index in [-0.39, 0.29) is 12.1 Å². The summed E-state index contributed by atoms with van der Waals surface area (Å²) in [5, 5.41) is 0. The molecular weight excluding hydrogens is 312 g/mol. The molecule has 0 aliphatic rings. The summed E-state index contributed by atoms with van der Waals surface area (Å²) in [6.45, 7) is 4.18. The fourth-order valence-corrected chi connectivity index (χ4v) is 2.74. The molecule has 0 bridgehead atoms. The van der Waals surface area contributed by atoms with E-state index in [1.54, 1.807) is 19.2 Å². The molecule has 2 aromatic rings. The van der Waals surface area contributed by atoms with Crippen molar-refractivity contribution in [3.8, 4) is 5.75 Å². The summed E-state index contributed by atoms with van der Waals surface area (Å²) in [5.41, 5.74) is 2.68.